The Hall–Kier alpha value is -3.82. The molecule has 2 heterocycles. The number of nitro groups is 1. The Morgan fingerprint density at radius 2 is 2.10 bits per heavy atom. The molecule has 3 aromatic rings. The van der Waals surface area contributed by atoms with Crippen molar-refractivity contribution in [2.75, 3.05) is 18.9 Å². The number of nitrogens with zero attached hydrogens (tertiary/aromatic N) is 4. The Morgan fingerprint density at radius 1 is 1.26 bits per heavy atom. The van der Waals surface area contributed by atoms with Gasteiger partial charge in [0, 0.05) is 37.8 Å². The maximum atomic E-state index is 13.3. The average molecular weight is 427 g/mol. The summed E-state index contributed by atoms with van der Waals surface area (Å²) in [5.41, 5.74) is 1.11. The molecule has 0 unspecified atom stereocenters. The summed E-state index contributed by atoms with van der Waals surface area (Å²) in [5, 5.41) is 17.5. The fraction of sp³-hybridized carbons (Fsp3) is 0.286. The summed E-state index contributed by atoms with van der Waals surface area (Å²) >= 11 is 0. The first-order chi connectivity index (χ1) is 14.9. The van der Waals surface area contributed by atoms with E-state index in [-0.39, 0.29) is 17.2 Å². The number of anilines is 1. The molecule has 1 aromatic carbocycles. The van der Waals surface area contributed by atoms with Gasteiger partial charge in [-0.2, -0.15) is 0 Å². The van der Waals surface area contributed by atoms with Crippen LogP contribution in [0.5, 0.6) is 0 Å². The second-order valence-corrected chi connectivity index (χ2v) is 7.00. The Balaban J connectivity index is 1.40. The highest BCUT2D eigenvalue weighted by Crippen LogP contribution is 2.23. The molecule has 2 amide bonds. The van der Waals surface area contributed by atoms with Crippen molar-refractivity contribution in [3.8, 4) is 11.3 Å². The second kappa shape index (κ2) is 10.3. The van der Waals surface area contributed by atoms with Gasteiger partial charge in [0.15, 0.2) is 0 Å². The lowest BCUT2D eigenvalue weighted by atomic mass is 10.1. The van der Waals surface area contributed by atoms with Crippen LogP contribution >= 0.6 is 0 Å². The fourth-order valence-electron chi connectivity index (χ4n) is 2.99. The molecule has 0 spiro atoms. The largest absolute Gasteiger partial charge is 0.361 e. The lowest BCUT2D eigenvalue weighted by Gasteiger charge is -2.17. The van der Waals surface area contributed by atoms with Crippen LogP contribution in [0.15, 0.2) is 53.3 Å². The highest BCUT2D eigenvalue weighted by atomic mass is 19.1. The van der Waals surface area contributed by atoms with Crippen LogP contribution in [0, 0.1) is 15.9 Å². The van der Waals surface area contributed by atoms with Crippen molar-refractivity contribution < 1.29 is 18.6 Å². The van der Waals surface area contributed by atoms with E-state index in [4.69, 9.17) is 4.52 Å². The molecule has 9 nitrogen and oxygen atoms in total. The van der Waals surface area contributed by atoms with Crippen LogP contribution < -0.4 is 5.32 Å². The van der Waals surface area contributed by atoms with Crippen molar-refractivity contribution in [3.05, 3.63) is 70.5 Å². The third-order valence-electron chi connectivity index (χ3n) is 4.68. The minimum Gasteiger partial charge on any atom is -0.361 e. The van der Waals surface area contributed by atoms with Crippen molar-refractivity contribution >= 4 is 17.4 Å². The van der Waals surface area contributed by atoms with Crippen molar-refractivity contribution in [2.24, 2.45) is 0 Å². The van der Waals surface area contributed by atoms with Gasteiger partial charge in [0.25, 0.3) is 0 Å². The fourth-order valence-corrected chi connectivity index (χ4v) is 2.99. The molecule has 10 heteroatoms. The summed E-state index contributed by atoms with van der Waals surface area (Å²) in [5.74, 6) is 0.393. The van der Waals surface area contributed by atoms with Gasteiger partial charge in [0.1, 0.15) is 29.2 Å². The highest BCUT2D eigenvalue weighted by molar-refractivity contribution is 5.91. The normalized spacial score (nSPS) is 10.6. The number of unbranched alkanes of at least 4 members (excludes halogenated alkanes) is 2. The first-order valence-electron chi connectivity index (χ1n) is 9.76. The Morgan fingerprint density at radius 3 is 2.87 bits per heavy atom. The number of nitrogens with one attached hydrogen (secondary N) is 1. The first kappa shape index (κ1) is 21.9. The molecule has 3 rings (SSSR count). The number of hydrogen-bond donors (Lipinski definition) is 1. The summed E-state index contributed by atoms with van der Waals surface area (Å²) in [6.07, 6.45) is 5.60. The Bertz CT molecular complexity index is 1060. The van der Waals surface area contributed by atoms with Gasteiger partial charge in [-0.05, 0) is 31.0 Å². The van der Waals surface area contributed by atoms with Crippen molar-refractivity contribution in [1.82, 2.24) is 15.0 Å². The number of carbonyl (C=O) groups excluding carboxylic acids is 1. The van der Waals surface area contributed by atoms with Gasteiger partial charge in [-0.25, -0.2) is 9.18 Å². The molecule has 31 heavy (non-hydrogen) atoms. The van der Waals surface area contributed by atoms with Crippen molar-refractivity contribution in [3.63, 3.8) is 0 Å². The third-order valence-corrected chi connectivity index (χ3v) is 4.68. The number of rotatable bonds is 9. The number of aromatic nitrogens is 2. The topological polar surface area (TPSA) is 114 Å². The number of carbonyl (C=O) groups is 1. The SMILES string of the molecule is CN(CCCCCc1cc(-c2cccc(F)c2)no1)C(=O)Nc1ccncc1[N+](=O)[O-]. The predicted molar refractivity (Wildman–Crippen MR) is 112 cm³/mol. The maximum absolute atomic E-state index is 13.3. The van der Waals surface area contributed by atoms with Crippen LogP contribution in [-0.4, -0.2) is 39.6 Å². The van der Waals surface area contributed by atoms with Crippen LogP contribution in [0.25, 0.3) is 11.3 Å². The number of urea groups is 1. The predicted octanol–water partition coefficient (Wildman–Crippen LogP) is 4.66. The smallest absolute Gasteiger partial charge is 0.321 e. The zero-order valence-corrected chi connectivity index (χ0v) is 17.0. The summed E-state index contributed by atoms with van der Waals surface area (Å²) in [4.78, 5) is 27.8. The van der Waals surface area contributed by atoms with E-state index >= 15 is 0 Å². The number of pyridine rings is 1. The van der Waals surface area contributed by atoms with Crippen LogP contribution in [0.1, 0.15) is 25.0 Å². The van der Waals surface area contributed by atoms with Crippen LogP contribution in [0.2, 0.25) is 0 Å². The standard InChI is InChI=1S/C21H22FN5O4/c1-26(21(28)24-18-9-10-23-14-20(18)27(29)30)11-4-2-3-8-17-13-19(25-31-17)15-6-5-7-16(22)12-15/h5-7,9-10,12-14H,2-4,8,11H2,1H3,(H,23,24,28). The molecule has 2 aromatic heterocycles. The summed E-state index contributed by atoms with van der Waals surface area (Å²) in [6.45, 7) is 0.496. The molecule has 162 valence electrons. The molecule has 0 fully saturated rings. The van der Waals surface area contributed by atoms with Crippen LogP contribution in [0.3, 0.4) is 0 Å². The van der Waals surface area contributed by atoms with E-state index in [0.29, 0.717) is 24.2 Å². The Labute approximate surface area is 178 Å². The average Bonchev–Trinajstić information content (AvgIpc) is 3.22. The second-order valence-electron chi connectivity index (χ2n) is 7.00. The molecule has 0 saturated heterocycles. The van der Waals surface area contributed by atoms with E-state index in [9.17, 15) is 19.3 Å². The monoisotopic (exact) mass is 427 g/mol. The molecule has 1 N–H and O–H groups in total. The molecule has 0 aliphatic heterocycles. The first-order valence-corrected chi connectivity index (χ1v) is 9.76. The molecule has 0 radical (unpaired) electrons. The minimum absolute atomic E-state index is 0.108. The van der Waals surface area contributed by atoms with Gasteiger partial charge >= 0.3 is 11.7 Å². The van der Waals surface area contributed by atoms with E-state index < -0.39 is 11.0 Å². The lowest BCUT2D eigenvalue weighted by molar-refractivity contribution is -0.384. The Kier molecular flexibility index (Phi) is 7.26. The van der Waals surface area contributed by atoms with Gasteiger partial charge in [-0.1, -0.05) is 23.7 Å². The van der Waals surface area contributed by atoms with E-state index in [1.807, 2.05) is 0 Å². The summed E-state index contributed by atoms with van der Waals surface area (Å²) < 4.78 is 18.6. The van der Waals surface area contributed by atoms with Gasteiger partial charge in [0.05, 0.1) is 4.92 Å². The molecule has 0 atom stereocenters. The van der Waals surface area contributed by atoms with E-state index in [2.05, 4.69) is 15.5 Å². The number of amides is 2. The summed E-state index contributed by atoms with van der Waals surface area (Å²) in [7, 11) is 1.63. The molecular formula is C21H22FN5O4. The quantitative estimate of drug-likeness (QED) is 0.302. The van der Waals surface area contributed by atoms with E-state index in [0.717, 1.165) is 31.2 Å². The van der Waals surface area contributed by atoms with E-state index in [1.165, 1.54) is 29.3 Å². The number of halogens is 1. The zero-order valence-electron chi connectivity index (χ0n) is 17.0. The van der Waals surface area contributed by atoms with Crippen LogP contribution in [0.4, 0.5) is 20.6 Å². The van der Waals surface area contributed by atoms with Crippen LogP contribution in [-0.2, 0) is 6.42 Å². The molecule has 0 bridgehead atoms. The lowest BCUT2D eigenvalue weighted by Crippen LogP contribution is -2.32. The third kappa shape index (κ3) is 6.08. The van der Waals surface area contributed by atoms with Gasteiger partial charge in [0.2, 0.25) is 0 Å². The summed E-state index contributed by atoms with van der Waals surface area (Å²) in [6, 6.07) is 8.94. The van der Waals surface area contributed by atoms with Gasteiger partial charge in [-0.15, -0.1) is 0 Å². The van der Waals surface area contributed by atoms with E-state index in [1.54, 1.807) is 25.2 Å². The van der Waals surface area contributed by atoms with Gasteiger partial charge in [-0.3, -0.25) is 15.1 Å². The highest BCUT2D eigenvalue weighted by Gasteiger charge is 2.17. The van der Waals surface area contributed by atoms with Crippen molar-refractivity contribution in [1.29, 1.82) is 0 Å². The molecule has 0 saturated carbocycles. The zero-order chi connectivity index (χ0) is 22.2. The molecule has 0 aliphatic carbocycles. The number of aryl methyl sites for hydroxylation is 1. The molecule has 0 aliphatic rings. The van der Waals surface area contributed by atoms with Crippen molar-refractivity contribution in [2.45, 2.75) is 25.7 Å². The minimum atomic E-state index is -0.591. The van der Waals surface area contributed by atoms with Gasteiger partial charge < -0.3 is 14.7 Å². The maximum Gasteiger partial charge on any atom is 0.321 e. The number of hydrogen-bond acceptors (Lipinski definition) is 6. The molecular weight excluding hydrogens is 405 g/mol. The number of benzene rings is 1.